The first-order chi connectivity index (χ1) is 13.2. The summed E-state index contributed by atoms with van der Waals surface area (Å²) in [6, 6.07) is 16.8. The second-order valence-electron chi connectivity index (χ2n) is 5.40. The Bertz CT molecular complexity index is 853. The van der Waals surface area contributed by atoms with Crippen LogP contribution in [0.1, 0.15) is 0 Å². The van der Waals surface area contributed by atoms with Crippen LogP contribution < -0.4 is 14.8 Å². The number of hydrogen-bond acceptors (Lipinski definition) is 7. The van der Waals surface area contributed by atoms with E-state index in [1.807, 2.05) is 54.6 Å². The van der Waals surface area contributed by atoms with Gasteiger partial charge in [-0.25, -0.2) is 0 Å². The van der Waals surface area contributed by atoms with Gasteiger partial charge in [-0.1, -0.05) is 30.0 Å². The van der Waals surface area contributed by atoms with Gasteiger partial charge in [-0.3, -0.25) is 4.79 Å². The molecule has 0 aliphatic carbocycles. The minimum atomic E-state index is -0.124. The van der Waals surface area contributed by atoms with Crippen LogP contribution in [-0.4, -0.2) is 42.1 Å². The van der Waals surface area contributed by atoms with E-state index >= 15 is 0 Å². The van der Waals surface area contributed by atoms with Crippen molar-refractivity contribution in [3.8, 4) is 23.0 Å². The average Bonchev–Trinajstić information content (AvgIpc) is 3.19. The molecule has 3 rings (SSSR count). The first kappa shape index (κ1) is 18.8. The molecule has 8 heteroatoms. The number of aromatic nitrogens is 2. The molecule has 1 amide bonds. The molecule has 1 heterocycles. The molecule has 0 saturated heterocycles. The largest absolute Gasteiger partial charge is 0.497 e. The van der Waals surface area contributed by atoms with Gasteiger partial charge in [-0.05, 0) is 36.4 Å². The van der Waals surface area contributed by atoms with Crippen LogP contribution in [0.15, 0.2) is 64.2 Å². The molecule has 3 aromatic rings. The predicted molar refractivity (Wildman–Crippen MR) is 102 cm³/mol. The molecular formula is C19H19N3O4S. The van der Waals surface area contributed by atoms with E-state index in [-0.39, 0.29) is 11.7 Å². The molecule has 0 radical (unpaired) electrons. The smallest absolute Gasteiger partial charge is 0.277 e. The number of nitrogens with zero attached hydrogens (tertiary/aromatic N) is 2. The minimum Gasteiger partial charge on any atom is -0.497 e. The van der Waals surface area contributed by atoms with Gasteiger partial charge in [0.05, 0.1) is 19.4 Å². The van der Waals surface area contributed by atoms with Crippen molar-refractivity contribution in [2.75, 3.05) is 26.0 Å². The number of ether oxygens (including phenoxy) is 2. The molecule has 0 unspecified atom stereocenters. The van der Waals surface area contributed by atoms with Gasteiger partial charge in [0.2, 0.25) is 11.8 Å². The fraction of sp³-hybridized carbons (Fsp3) is 0.211. The summed E-state index contributed by atoms with van der Waals surface area (Å²) in [6.45, 7) is 0.831. The van der Waals surface area contributed by atoms with E-state index in [0.29, 0.717) is 24.3 Å². The van der Waals surface area contributed by atoms with Gasteiger partial charge >= 0.3 is 0 Å². The molecule has 0 saturated carbocycles. The molecule has 0 bridgehead atoms. The lowest BCUT2D eigenvalue weighted by Crippen LogP contribution is -2.29. The SMILES string of the molecule is COc1ccc(-c2nnc(SCC(=O)NCCOc3ccccc3)o2)cc1. The maximum Gasteiger partial charge on any atom is 0.277 e. The summed E-state index contributed by atoms with van der Waals surface area (Å²) in [7, 11) is 1.61. The van der Waals surface area contributed by atoms with Gasteiger partial charge in [0, 0.05) is 5.56 Å². The highest BCUT2D eigenvalue weighted by molar-refractivity contribution is 7.99. The minimum absolute atomic E-state index is 0.124. The Morgan fingerprint density at radius 2 is 1.85 bits per heavy atom. The Morgan fingerprint density at radius 1 is 1.07 bits per heavy atom. The number of carbonyl (C=O) groups excluding carboxylic acids is 1. The van der Waals surface area contributed by atoms with Crippen LogP contribution in [0.2, 0.25) is 0 Å². The van der Waals surface area contributed by atoms with Crippen LogP contribution in [0, 0.1) is 0 Å². The van der Waals surface area contributed by atoms with E-state index in [1.54, 1.807) is 7.11 Å². The van der Waals surface area contributed by atoms with Crippen molar-refractivity contribution in [2.24, 2.45) is 0 Å². The summed E-state index contributed by atoms with van der Waals surface area (Å²) in [4.78, 5) is 11.9. The highest BCUT2D eigenvalue weighted by Crippen LogP contribution is 2.24. The van der Waals surface area contributed by atoms with Crippen molar-refractivity contribution < 1.29 is 18.7 Å². The Morgan fingerprint density at radius 3 is 2.59 bits per heavy atom. The molecule has 7 nitrogen and oxygen atoms in total. The summed E-state index contributed by atoms with van der Waals surface area (Å²) in [6.07, 6.45) is 0. The zero-order chi connectivity index (χ0) is 18.9. The van der Waals surface area contributed by atoms with Crippen LogP contribution in [0.4, 0.5) is 0 Å². The van der Waals surface area contributed by atoms with Crippen molar-refractivity contribution >= 4 is 17.7 Å². The van der Waals surface area contributed by atoms with Gasteiger partial charge in [0.15, 0.2) is 0 Å². The van der Waals surface area contributed by atoms with Crippen LogP contribution in [0.25, 0.3) is 11.5 Å². The zero-order valence-corrected chi connectivity index (χ0v) is 15.6. The van der Waals surface area contributed by atoms with Crippen molar-refractivity contribution in [3.63, 3.8) is 0 Å². The van der Waals surface area contributed by atoms with Gasteiger partial charge in [0.1, 0.15) is 18.1 Å². The monoisotopic (exact) mass is 385 g/mol. The lowest BCUT2D eigenvalue weighted by molar-refractivity contribution is -0.118. The number of para-hydroxylation sites is 1. The van der Waals surface area contributed by atoms with Crippen LogP contribution in [0.5, 0.6) is 11.5 Å². The normalized spacial score (nSPS) is 10.4. The quantitative estimate of drug-likeness (QED) is 0.447. The molecule has 1 aromatic heterocycles. The zero-order valence-electron chi connectivity index (χ0n) is 14.8. The average molecular weight is 385 g/mol. The highest BCUT2D eigenvalue weighted by atomic mass is 32.2. The number of hydrogen-bond donors (Lipinski definition) is 1. The molecule has 0 atom stereocenters. The molecule has 0 aliphatic heterocycles. The van der Waals surface area contributed by atoms with Crippen LogP contribution in [0.3, 0.4) is 0 Å². The summed E-state index contributed by atoms with van der Waals surface area (Å²) in [5.41, 5.74) is 0.790. The standard InChI is InChI=1S/C19H19N3O4S/c1-24-15-9-7-14(8-10-15)18-21-22-19(26-18)27-13-17(23)20-11-12-25-16-5-3-2-4-6-16/h2-10H,11-13H2,1H3,(H,20,23). The first-order valence-corrected chi connectivity index (χ1v) is 9.28. The molecule has 0 aliphatic rings. The number of methoxy groups -OCH3 is 1. The van der Waals surface area contributed by atoms with E-state index in [4.69, 9.17) is 13.9 Å². The van der Waals surface area contributed by atoms with Crippen molar-refractivity contribution in [3.05, 3.63) is 54.6 Å². The lowest BCUT2D eigenvalue weighted by Gasteiger charge is -2.06. The second kappa shape index (κ2) is 9.63. The number of benzene rings is 2. The second-order valence-corrected chi connectivity index (χ2v) is 6.33. The topological polar surface area (TPSA) is 86.5 Å². The summed E-state index contributed by atoms with van der Waals surface area (Å²) in [5, 5.41) is 11.1. The molecule has 0 spiro atoms. The molecule has 0 fully saturated rings. The van der Waals surface area contributed by atoms with Gasteiger partial charge in [0.25, 0.3) is 5.22 Å². The summed E-state index contributed by atoms with van der Waals surface area (Å²) in [5.74, 6) is 1.99. The molecule has 2 aromatic carbocycles. The highest BCUT2D eigenvalue weighted by Gasteiger charge is 2.11. The summed E-state index contributed by atoms with van der Waals surface area (Å²) < 4.78 is 16.2. The fourth-order valence-electron chi connectivity index (χ4n) is 2.17. The van der Waals surface area contributed by atoms with Gasteiger partial charge < -0.3 is 19.2 Å². The lowest BCUT2D eigenvalue weighted by atomic mass is 10.2. The third-order valence-electron chi connectivity index (χ3n) is 3.51. The number of thioether (sulfide) groups is 1. The van der Waals surface area contributed by atoms with E-state index in [2.05, 4.69) is 15.5 Å². The molecule has 27 heavy (non-hydrogen) atoms. The van der Waals surface area contributed by atoms with Gasteiger partial charge in [-0.2, -0.15) is 0 Å². The van der Waals surface area contributed by atoms with Crippen molar-refractivity contribution in [2.45, 2.75) is 5.22 Å². The van der Waals surface area contributed by atoms with Crippen LogP contribution in [-0.2, 0) is 4.79 Å². The Hall–Kier alpha value is -3.00. The Labute approximate surface area is 161 Å². The third kappa shape index (κ3) is 5.75. The number of amides is 1. The van der Waals surface area contributed by atoms with E-state index in [0.717, 1.165) is 17.1 Å². The number of rotatable bonds is 9. The van der Waals surface area contributed by atoms with E-state index < -0.39 is 0 Å². The van der Waals surface area contributed by atoms with E-state index in [9.17, 15) is 4.79 Å². The Kier molecular flexibility index (Phi) is 6.70. The van der Waals surface area contributed by atoms with Crippen molar-refractivity contribution in [1.82, 2.24) is 15.5 Å². The Balaban J connectivity index is 1.39. The molecule has 140 valence electrons. The molecular weight excluding hydrogens is 366 g/mol. The molecule has 1 N–H and O–H groups in total. The third-order valence-corrected chi connectivity index (χ3v) is 4.32. The number of carbonyl (C=O) groups is 1. The summed E-state index contributed by atoms with van der Waals surface area (Å²) >= 11 is 1.19. The van der Waals surface area contributed by atoms with Crippen molar-refractivity contribution in [1.29, 1.82) is 0 Å². The predicted octanol–water partition coefficient (Wildman–Crippen LogP) is 3.03. The number of nitrogens with one attached hydrogen (secondary N) is 1. The van der Waals surface area contributed by atoms with E-state index in [1.165, 1.54) is 11.8 Å². The fourth-order valence-corrected chi connectivity index (χ4v) is 2.77. The maximum atomic E-state index is 11.9. The van der Waals surface area contributed by atoms with Gasteiger partial charge in [-0.15, -0.1) is 10.2 Å². The first-order valence-electron chi connectivity index (χ1n) is 8.30. The van der Waals surface area contributed by atoms with Crippen LogP contribution >= 0.6 is 11.8 Å². The maximum absolute atomic E-state index is 11.9.